The average Bonchev–Trinajstić information content (AvgIpc) is 2.97. The highest BCUT2D eigenvalue weighted by Crippen LogP contribution is 2.23. The van der Waals surface area contributed by atoms with Gasteiger partial charge in [-0.05, 0) is 30.3 Å². The number of halogens is 1. The van der Waals surface area contributed by atoms with E-state index >= 15 is 0 Å². The van der Waals surface area contributed by atoms with Gasteiger partial charge in [-0.25, -0.2) is 9.18 Å². The molecule has 0 radical (unpaired) electrons. The summed E-state index contributed by atoms with van der Waals surface area (Å²) in [6.45, 7) is 0.254. The predicted octanol–water partition coefficient (Wildman–Crippen LogP) is 2.53. The van der Waals surface area contributed by atoms with Crippen LogP contribution in [0.2, 0.25) is 0 Å². The van der Waals surface area contributed by atoms with Crippen molar-refractivity contribution in [1.82, 2.24) is 5.32 Å². The van der Waals surface area contributed by atoms with E-state index in [0.29, 0.717) is 5.76 Å². The standard InChI is InChI=1S/C14H12FNO4S/c15-11-4-3-9(14(18)19)6-12(11)21-8-13(17)16-7-10-2-1-5-20-10/h1-6H,7-8H2,(H,16,17)(H,18,19). The molecule has 0 fully saturated rings. The molecule has 21 heavy (non-hydrogen) atoms. The summed E-state index contributed by atoms with van der Waals surface area (Å²) in [6, 6.07) is 6.90. The van der Waals surface area contributed by atoms with Gasteiger partial charge in [-0.1, -0.05) is 0 Å². The number of nitrogens with one attached hydrogen (secondary N) is 1. The Balaban J connectivity index is 1.88. The minimum absolute atomic E-state index is 0.0132. The molecule has 1 amide bonds. The first kappa shape index (κ1) is 15.1. The predicted molar refractivity (Wildman–Crippen MR) is 74.6 cm³/mol. The number of carboxylic acids is 1. The zero-order chi connectivity index (χ0) is 15.2. The lowest BCUT2D eigenvalue weighted by Crippen LogP contribution is -2.24. The van der Waals surface area contributed by atoms with Gasteiger partial charge < -0.3 is 14.8 Å². The first-order chi connectivity index (χ1) is 10.1. The Bertz CT molecular complexity index is 642. The van der Waals surface area contributed by atoms with Crippen molar-refractivity contribution in [2.45, 2.75) is 11.4 Å². The van der Waals surface area contributed by atoms with Crippen LogP contribution in [0.3, 0.4) is 0 Å². The number of rotatable bonds is 6. The summed E-state index contributed by atoms with van der Waals surface area (Å²) in [6.07, 6.45) is 1.50. The molecule has 7 heteroatoms. The number of benzene rings is 1. The molecule has 0 atom stereocenters. The molecule has 2 rings (SSSR count). The zero-order valence-corrected chi connectivity index (χ0v) is 11.7. The maximum absolute atomic E-state index is 13.5. The van der Waals surface area contributed by atoms with E-state index in [1.54, 1.807) is 12.1 Å². The van der Waals surface area contributed by atoms with Crippen molar-refractivity contribution in [3.63, 3.8) is 0 Å². The smallest absolute Gasteiger partial charge is 0.335 e. The maximum Gasteiger partial charge on any atom is 0.335 e. The fraction of sp³-hybridized carbons (Fsp3) is 0.143. The molecule has 0 spiro atoms. The number of aromatic carboxylic acids is 1. The molecule has 110 valence electrons. The van der Waals surface area contributed by atoms with E-state index in [9.17, 15) is 14.0 Å². The van der Waals surface area contributed by atoms with E-state index in [1.165, 1.54) is 18.4 Å². The third kappa shape index (κ3) is 4.35. The molecule has 1 aromatic carbocycles. The first-order valence-electron chi connectivity index (χ1n) is 6.01. The molecular formula is C14H12FNO4S. The number of hydrogen-bond acceptors (Lipinski definition) is 4. The van der Waals surface area contributed by atoms with Gasteiger partial charge in [-0.15, -0.1) is 11.8 Å². The van der Waals surface area contributed by atoms with Crippen molar-refractivity contribution in [2.75, 3.05) is 5.75 Å². The van der Waals surface area contributed by atoms with Crippen molar-refractivity contribution in [2.24, 2.45) is 0 Å². The van der Waals surface area contributed by atoms with Crippen LogP contribution in [-0.4, -0.2) is 22.7 Å². The minimum atomic E-state index is -1.14. The number of thioether (sulfide) groups is 1. The van der Waals surface area contributed by atoms with E-state index in [0.717, 1.165) is 17.8 Å². The molecule has 0 saturated heterocycles. The van der Waals surface area contributed by atoms with Crippen molar-refractivity contribution in [1.29, 1.82) is 0 Å². The van der Waals surface area contributed by atoms with Crippen molar-refractivity contribution in [3.8, 4) is 0 Å². The van der Waals surface area contributed by atoms with Crippen LogP contribution in [-0.2, 0) is 11.3 Å². The average molecular weight is 309 g/mol. The molecule has 0 bridgehead atoms. The van der Waals surface area contributed by atoms with Crippen LogP contribution >= 0.6 is 11.8 Å². The van der Waals surface area contributed by atoms with Gasteiger partial charge in [0, 0.05) is 4.90 Å². The highest BCUT2D eigenvalue weighted by Gasteiger charge is 2.11. The lowest BCUT2D eigenvalue weighted by Gasteiger charge is -2.05. The Morgan fingerprint density at radius 3 is 2.81 bits per heavy atom. The van der Waals surface area contributed by atoms with Gasteiger partial charge >= 0.3 is 5.97 Å². The van der Waals surface area contributed by atoms with Crippen LogP contribution in [0.1, 0.15) is 16.1 Å². The van der Waals surface area contributed by atoms with Gasteiger partial charge in [0.15, 0.2) is 0 Å². The number of furan rings is 1. The third-order valence-electron chi connectivity index (χ3n) is 2.58. The molecule has 2 N–H and O–H groups in total. The number of carbonyl (C=O) groups excluding carboxylic acids is 1. The molecule has 1 heterocycles. The fourth-order valence-corrected chi connectivity index (χ4v) is 2.35. The van der Waals surface area contributed by atoms with Crippen LogP contribution in [0.4, 0.5) is 4.39 Å². The van der Waals surface area contributed by atoms with Gasteiger partial charge in [0.05, 0.1) is 24.1 Å². The Morgan fingerprint density at radius 2 is 2.14 bits per heavy atom. The lowest BCUT2D eigenvalue weighted by molar-refractivity contribution is -0.118. The second-order valence-corrected chi connectivity index (χ2v) is 5.11. The van der Waals surface area contributed by atoms with Crippen molar-refractivity contribution >= 4 is 23.6 Å². The molecule has 1 aromatic heterocycles. The monoisotopic (exact) mass is 309 g/mol. The van der Waals surface area contributed by atoms with E-state index in [2.05, 4.69) is 5.32 Å². The Labute approximate surface area is 124 Å². The second kappa shape index (κ2) is 6.94. The van der Waals surface area contributed by atoms with E-state index in [-0.39, 0.29) is 28.7 Å². The number of amides is 1. The summed E-state index contributed by atoms with van der Waals surface area (Å²) in [4.78, 5) is 22.6. The van der Waals surface area contributed by atoms with E-state index < -0.39 is 11.8 Å². The molecule has 2 aromatic rings. The Hall–Kier alpha value is -2.28. The van der Waals surface area contributed by atoms with Crippen LogP contribution < -0.4 is 5.32 Å². The van der Waals surface area contributed by atoms with E-state index in [1.807, 2.05) is 0 Å². The lowest BCUT2D eigenvalue weighted by atomic mass is 10.2. The van der Waals surface area contributed by atoms with Gasteiger partial charge in [-0.2, -0.15) is 0 Å². The highest BCUT2D eigenvalue weighted by atomic mass is 32.2. The van der Waals surface area contributed by atoms with Crippen molar-refractivity contribution < 1.29 is 23.5 Å². The minimum Gasteiger partial charge on any atom is -0.478 e. The Kier molecular flexibility index (Phi) is 4.99. The third-order valence-corrected chi connectivity index (χ3v) is 3.61. The topological polar surface area (TPSA) is 79.5 Å². The van der Waals surface area contributed by atoms with Gasteiger partial charge in [0.25, 0.3) is 0 Å². The molecular weight excluding hydrogens is 297 g/mol. The second-order valence-electron chi connectivity index (χ2n) is 4.10. The summed E-state index contributed by atoms with van der Waals surface area (Å²) in [5.41, 5.74) is -0.0186. The first-order valence-corrected chi connectivity index (χ1v) is 6.99. The van der Waals surface area contributed by atoms with Crippen LogP contribution in [0, 0.1) is 5.82 Å². The zero-order valence-electron chi connectivity index (χ0n) is 10.8. The fourth-order valence-electron chi connectivity index (χ4n) is 1.54. The molecule has 0 unspecified atom stereocenters. The number of hydrogen-bond donors (Lipinski definition) is 2. The van der Waals surface area contributed by atoms with Crippen molar-refractivity contribution in [3.05, 3.63) is 53.7 Å². The largest absolute Gasteiger partial charge is 0.478 e. The summed E-state index contributed by atoms with van der Waals surface area (Å²) >= 11 is 0.943. The van der Waals surface area contributed by atoms with E-state index in [4.69, 9.17) is 9.52 Å². The number of carbonyl (C=O) groups is 2. The summed E-state index contributed by atoms with van der Waals surface area (Å²) < 4.78 is 18.6. The van der Waals surface area contributed by atoms with Gasteiger partial charge in [0.1, 0.15) is 11.6 Å². The molecule has 0 aliphatic heterocycles. The molecule has 0 aliphatic rings. The summed E-state index contributed by atoms with van der Waals surface area (Å²) in [5, 5.41) is 11.5. The highest BCUT2D eigenvalue weighted by molar-refractivity contribution is 8.00. The van der Waals surface area contributed by atoms with Gasteiger partial charge in [-0.3, -0.25) is 4.79 Å². The Morgan fingerprint density at radius 1 is 1.33 bits per heavy atom. The maximum atomic E-state index is 13.5. The summed E-state index contributed by atoms with van der Waals surface area (Å²) in [5.74, 6) is -1.38. The normalized spacial score (nSPS) is 10.3. The summed E-state index contributed by atoms with van der Waals surface area (Å²) in [7, 11) is 0. The van der Waals surface area contributed by atoms with Crippen LogP contribution in [0.25, 0.3) is 0 Å². The van der Waals surface area contributed by atoms with Crippen LogP contribution in [0.5, 0.6) is 0 Å². The van der Waals surface area contributed by atoms with Gasteiger partial charge in [0.2, 0.25) is 5.91 Å². The quantitative estimate of drug-likeness (QED) is 0.802. The molecule has 0 saturated carbocycles. The number of carboxylic acid groups (broad SMARTS) is 1. The molecule has 5 nitrogen and oxygen atoms in total. The van der Waals surface area contributed by atoms with Crippen LogP contribution in [0.15, 0.2) is 45.9 Å². The SMILES string of the molecule is O=C(CSc1cc(C(=O)O)ccc1F)NCc1ccco1. The molecule has 0 aliphatic carbocycles.